The van der Waals surface area contributed by atoms with Gasteiger partial charge in [-0.25, -0.2) is 0 Å². The predicted octanol–water partition coefficient (Wildman–Crippen LogP) is 5.33. The highest BCUT2D eigenvalue weighted by atomic mass is 16.6. The molecule has 2 heterocycles. The highest BCUT2D eigenvalue weighted by Crippen LogP contribution is 2.55. The molecule has 2 aliphatic heterocycles. The molecule has 0 aromatic heterocycles. The van der Waals surface area contributed by atoms with Crippen molar-refractivity contribution >= 4 is 17.5 Å². The third-order valence-corrected chi connectivity index (χ3v) is 6.54. The second-order valence-electron chi connectivity index (χ2n) is 8.37. The van der Waals surface area contributed by atoms with Crippen LogP contribution in [0.1, 0.15) is 36.5 Å². The Morgan fingerprint density at radius 1 is 1.10 bits per heavy atom. The smallest absolute Gasteiger partial charge is 0.270 e. The minimum atomic E-state index is -0.696. The van der Waals surface area contributed by atoms with Gasteiger partial charge >= 0.3 is 0 Å². The molecule has 5 rings (SSSR count). The van der Waals surface area contributed by atoms with E-state index in [-0.39, 0.29) is 16.0 Å². The second kappa shape index (κ2) is 5.83. The molecule has 0 saturated heterocycles. The fourth-order valence-electron chi connectivity index (χ4n) is 4.79. The molecular formula is C24H22N2O3. The maximum Gasteiger partial charge on any atom is 0.270 e. The number of fused-ring (bicyclic) bond motifs is 2. The van der Waals surface area contributed by atoms with E-state index in [4.69, 9.17) is 4.74 Å². The summed E-state index contributed by atoms with van der Waals surface area (Å²) in [4.78, 5) is 12.9. The van der Waals surface area contributed by atoms with Crippen LogP contribution in [0.4, 0.5) is 11.4 Å². The number of benzene rings is 2. The van der Waals surface area contributed by atoms with Gasteiger partial charge in [0.1, 0.15) is 5.75 Å². The number of nitrogens with zero attached hydrogens (tertiary/aromatic N) is 2. The van der Waals surface area contributed by atoms with E-state index in [2.05, 4.69) is 61.3 Å². The molecule has 146 valence electrons. The van der Waals surface area contributed by atoms with Gasteiger partial charge in [0.25, 0.3) is 5.69 Å². The van der Waals surface area contributed by atoms with Gasteiger partial charge in [0.05, 0.1) is 10.3 Å². The Labute approximate surface area is 169 Å². The Balaban J connectivity index is 1.59. The molecule has 5 heteroatoms. The number of hydrogen-bond donors (Lipinski definition) is 0. The van der Waals surface area contributed by atoms with Crippen molar-refractivity contribution in [1.82, 2.24) is 0 Å². The minimum Gasteiger partial charge on any atom is -0.463 e. The summed E-state index contributed by atoms with van der Waals surface area (Å²) < 4.78 is 6.58. The van der Waals surface area contributed by atoms with Crippen LogP contribution in [0.2, 0.25) is 0 Å². The Hall–Kier alpha value is -3.34. The second-order valence-corrected chi connectivity index (χ2v) is 8.37. The number of hydrogen-bond acceptors (Lipinski definition) is 4. The van der Waals surface area contributed by atoms with Gasteiger partial charge in [-0.3, -0.25) is 10.1 Å². The third kappa shape index (κ3) is 2.33. The minimum absolute atomic E-state index is 0.0672. The van der Waals surface area contributed by atoms with E-state index in [0.717, 1.165) is 11.3 Å². The summed E-state index contributed by atoms with van der Waals surface area (Å²) in [6.45, 7) is 4.39. The Kier molecular flexibility index (Phi) is 3.57. The van der Waals surface area contributed by atoms with Crippen LogP contribution in [0.5, 0.6) is 5.75 Å². The van der Waals surface area contributed by atoms with E-state index in [1.807, 2.05) is 19.2 Å². The zero-order chi connectivity index (χ0) is 20.4. The fraction of sp³-hybridized carbons (Fsp3) is 0.250. The highest BCUT2D eigenvalue weighted by molar-refractivity contribution is 5.73. The zero-order valence-corrected chi connectivity index (χ0v) is 16.6. The Morgan fingerprint density at radius 3 is 2.59 bits per heavy atom. The third-order valence-electron chi connectivity index (χ3n) is 6.54. The first-order chi connectivity index (χ1) is 13.8. The summed E-state index contributed by atoms with van der Waals surface area (Å²) in [5, 5.41) is 11.1. The van der Waals surface area contributed by atoms with Crippen LogP contribution in [0.15, 0.2) is 66.8 Å². The largest absolute Gasteiger partial charge is 0.463 e. The molecule has 0 fully saturated rings. The maximum absolute atomic E-state index is 11.1. The van der Waals surface area contributed by atoms with Gasteiger partial charge in [0, 0.05) is 36.3 Å². The lowest BCUT2D eigenvalue weighted by molar-refractivity contribution is -0.384. The first kappa shape index (κ1) is 17.7. The van der Waals surface area contributed by atoms with E-state index in [9.17, 15) is 10.1 Å². The van der Waals surface area contributed by atoms with E-state index in [1.54, 1.807) is 12.1 Å². The molecular weight excluding hydrogens is 364 g/mol. The molecule has 2 aromatic rings. The van der Waals surface area contributed by atoms with Crippen molar-refractivity contribution in [3.63, 3.8) is 0 Å². The molecule has 0 N–H and O–H groups in total. The van der Waals surface area contributed by atoms with Gasteiger partial charge in [0.15, 0.2) is 0 Å². The molecule has 29 heavy (non-hydrogen) atoms. The molecule has 5 nitrogen and oxygen atoms in total. The summed E-state index contributed by atoms with van der Waals surface area (Å²) >= 11 is 0. The van der Waals surface area contributed by atoms with Gasteiger partial charge in [-0.1, -0.05) is 36.4 Å². The highest BCUT2D eigenvalue weighted by Gasteiger charge is 2.57. The summed E-state index contributed by atoms with van der Waals surface area (Å²) in [6.07, 6.45) is 12.5. The summed E-state index contributed by atoms with van der Waals surface area (Å²) in [5.74, 6) is 0.967. The SMILES string of the molecule is CN1c2ccc(C3C=CC=C3)cc2C(C)(C)C12C=Cc1cc([N+](=O)[O-])ccc1O2. The van der Waals surface area contributed by atoms with Gasteiger partial charge in [-0.15, -0.1) is 0 Å². The standard InChI is InChI=1S/C24H22N2O3/c1-23(2)20-15-17(16-6-4-5-7-16)8-10-21(20)25(3)24(23)13-12-18-14-19(26(27)28)9-11-22(18)29-24/h4-16H,1-3H3. The van der Waals surface area contributed by atoms with E-state index < -0.39 is 5.72 Å². The monoisotopic (exact) mass is 386 g/mol. The average Bonchev–Trinajstić information content (AvgIpc) is 3.30. The number of anilines is 1. The first-order valence-corrected chi connectivity index (χ1v) is 9.73. The first-order valence-electron chi connectivity index (χ1n) is 9.73. The maximum atomic E-state index is 11.1. The van der Waals surface area contributed by atoms with E-state index in [0.29, 0.717) is 11.7 Å². The summed E-state index contributed by atoms with van der Waals surface area (Å²) in [7, 11) is 2.04. The van der Waals surface area contributed by atoms with Crippen LogP contribution in [0.25, 0.3) is 6.08 Å². The predicted molar refractivity (Wildman–Crippen MR) is 114 cm³/mol. The van der Waals surface area contributed by atoms with Crippen molar-refractivity contribution in [1.29, 1.82) is 0 Å². The van der Waals surface area contributed by atoms with Crippen molar-refractivity contribution in [2.45, 2.75) is 30.9 Å². The van der Waals surface area contributed by atoms with Crippen LogP contribution in [0, 0.1) is 10.1 Å². The molecule has 0 bridgehead atoms. The number of ether oxygens (including phenoxy) is 1. The number of likely N-dealkylation sites (N-methyl/N-ethyl adjacent to an activating group) is 1. The van der Waals surface area contributed by atoms with Gasteiger partial charge in [0.2, 0.25) is 5.72 Å². The van der Waals surface area contributed by atoms with Gasteiger partial charge < -0.3 is 9.64 Å². The quantitative estimate of drug-likeness (QED) is 0.517. The number of allylic oxidation sites excluding steroid dienone is 4. The normalized spacial score (nSPS) is 23.3. The Morgan fingerprint density at radius 2 is 1.86 bits per heavy atom. The molecule has 0 amide bonds. The van der Waals surface area contributed by atoms with Crippen LogP contribution < -0.4 is 9.64 Å². The van der Waals surface area contributed by atoms with Crippen molar-refractivity contribution in [3.05, 3.63) is 93.6 Å². The van der Waals surface area contributed by atoms with Crippen molar-refractivity contribution in [3.8, 4) is 5.75 Å². The molecule has 1 spiro atoms. The van der Waals surface area contributed by atoms with E-state index >= 15 is 0 Å². The molecule has 1 unspecified atom stereocenters. The van der Waals surface area contributed by atoms with E-state index in [1.165, 1.54) is 17.2 Å². The van der Waals surface area contributed by atoms with Crippen molar-refractivity contribution in [2.24, 2.45) is 0 Å². The van der Waals surface area contributed by atoms with Crippen LogP contribution in [-0.4, -0.2) is 17.7 Å². The lowest BCUT2D eigenvalue weighted by Crippen LogP contribution is -2.58. The zero-order valence-electron chi connectivity index (χ0n) is 16.6. The summed E-state index contributed by atoms with van der Waals surface area (Å²) in [5.41, 5.74) is 3.42. The number of rotatable bonds is 2. The van der Waals surface area contributed by atoms with Crippen LogP contribution >= 0.6 is 0 Å². The average molecular weight is 386 g/mol. The van der Waals surface area contributed by atoms with Gasteiger partial charge in [-0.2, -0.15) is 0 Å². The Bertz CT molecular complexity index is 1120. The fourth-order valence-corrected chi connectivity index (χ4v) is 4.79. The molecule has 2 aromatic carbocycles. The number of nitro benzene ring substituents is 1. The molecule has 1 aliphatic carbocycles. The van der Waals surface area contributed by atoms with Crippen LogP contribution in [-0.2, 0) is 5.41 Å². The summed E-state index contributed by atoms with van der Waals surface area (Å²) in [6, 6.07) is 11.4. The van der Waals surface area contributed by atoms with Crippen molar-refractivity contribution in [2.75, 3.05) is 11.9 Å². The topological polar surface area (TPSA) is 55.6 Å². The molecule has 1 atom stereocenters. The number of non-ortho nitro benzene ring substituents is 1. The molecule has 3 aliphatic rings. The number of nitro groups is 1. The van der Waals surface area contributed by atoms with Crippen molar-refractivity contribution < 1.29 is 9.66 Å². The molecule has 0 saturated carbocycles. The van der Waals surface area contributed by atoms with Crippen LogP contribution in [0.3, 0.4) is 0 Å². The van der Waals surface area contributed by atoms with Gasteiger partial charge in [-0.05, 0) is 49.3 Å². The lowest BCUT2D eigenvalue weighted by atomic mass is 9.75. The molecule has 0 radical (unpaired) electrons. The lowest BCUT2D eigenvalue weighted by Gasteiger charge is -2.45.